The van der Waals surface area contributed by atoms with E-state index in [0.29, 0.717) is 45.0 Å². The van der Waals surface area contributed by atoms with Gasteiger partial charge in [-0.15, -0.1) is 0 Å². The molecule has 2 saturated heterocycles. The van der Waals surface area contributed by atoms with Crippen molar-refractivity contribution in [3.05, 3.63) is 35.4 Å². The molecule has 1 N–H and O–H groups in total. The van der Waals surface area contributed by atoms with Gasteiger partial charge in [0, 0.05) is 25.8 Å². The highest BCUT2D eigenvalue weighted by molar-refractivity contribution is 5.95. The number of benzene rings is 1. The van der Waals surface area contributed by atoms with Gasteiger partial charge in [0.05, 0.1) is 26.3 Å². The van der Waals surface area contributed by atoms with E-state index >= 15 is 0 Å². The molecule has 26 heavy (non-hydrogen) atoms. The Morgan fingerprint density at radius 2 is 2.12 bits per heavy atom. The van der Waals surface area contributed by atoms with Crippen LogP contribution < -0.4 is 5.32 Å². The number of nitrogens with one attached hydrogen (secondary N) is 1. The number of rotatable bonds is 5. The molecule has 3 rings (SSSR count). The monoisotopic (exact) mass is 361 g/mol. The predicted molar refractivity (Wildman–Crippen MR) is 97.1 cm³/mol. The van der Waals surface area contributed by atoms with Crippen molar-refractivity contribution in [3.8, 4) is 0 Å². The highest BCUT2D eigenvalue weighted by Crippen LogP contribution is 2.31. The lowest BCUT2D eigenvalue weighted by atomic mass is 9.90. The molecule has 0 radical (unpaired) electrons. The van der Waals surface area contributed by atoms with Gasteiger partial charge < -0.3 is 19.7 Å². The number of likely N-dealkylation sites (N-methyl/N-ethyl adjacent to an activating group) is 1. The first-order valence-electron chi connectivity index (χ1n) is 8.91. The average molecular weight is 361 g/mol. The molecule has 0 bridgehead atoms. The second kappa shape index (κ2) is 7.73. The standard InChI is InChI=1S/C19H27N3O4/c1-14-5-4-6-15(9-14)18(24)22-12-19(13-22)11-21(2)16(10-26-19)17(23)20-7-8-25-3/h4-6,9,16H,7-8,10-13H2,1-3H3,(H,20,23). The average Bonchev–Trinajstić information content (AvgIpc) is 2.59. The van der Waals surface area contributed by atoms with E-state index < -0.39 is 0 Å². The summed E-state index contributed by atoms with van der Waals surface area (Å²) in [5, 5.41) is 2.85. The van der Waals surface area contributed by atoms with Crippen molar-refractivity contribution in [2.24, 2.45) is 0 Å². The molecule has 0 saturated carbocycles. The first kappa shape index (κ1) is 18.8. The van der Waals surface area contributed by atoms with Crippen molar-refractivity contribution in [1.29, 1.82) is 0 Å². The van der Waals surface area contributed by atoms with E-state index in [4.69, 9.17) is 9.47 Å². The minimum atomic E-state index is -0.364. The molecule has 2 aliphatic heterocycles. The van der Waals surface area contributed by atoms with Crippen LogP contribution in [-0.4, -0.2) is 86.8 Å². The molecule has 2 aliphatic rings. The van der Waals surface area contributed by atoms with Crippen LogP contribution in [0.4, 0.5) is 0 Å². The molecule has 1 unspecified atom stereocenters. The summed E-state index contributed by atoms with van der Waals surface area (Å²) in [6, 6.07) is 7.32. The Morgan fingerprint density at radius 1 is 1.35 bits per heavy atom. The van der Waals surface area contributed by atoms with Gasteiger partial charge in [0.15, 0.2) is 0 Å². The quantitative estimate of drug-likeness (QED) is 0.763. The summed E-state index contributed by atoms with van der Waals surface area (Å²) < 4.78 is 11.0. The van der Waals surface area contributed by atoms with E-state index in [-0.39, 0.29) is 23.5 Å². The van der Waals surface area contributed by atoms with E-state index in [1.54, 1.807) is 7.11 Å². The lowest BCUT2D eigenvalue weighted by Gasteiger charge is -2.54. The van der Waals surface area contributed by atoms with E-state index in [9.17, 15) is 9.59 Å². The van der Waals surface area contributed by atoms with E-state index in [1.807, 2.05) is 48.0 Å². The summed E-state index contributed by atoms with van der Waals surface area (Å²) in [5.41, 5.74) is 1.42. The van der Waals surface area contributed by atoms with E-state index in [2.05, 4.69) is 5.32 Å². The molecule has 7 heteroatoms. The Labute approximate surface area is 154 Å². The molecule has 1 aromatic carbocycles. The second-order valence-electron chi connectivity index (χ2n) is 7.24. The van der Waals surface area contributed by atoms with Crippen LogP contribution in [0.15, 0.2) is 24.3 Å². The van der Waals surface area contributed by atoms with Crippen molar-refractivity contribution >= 4 is 11.8 Å². The number of nitrogens with zero attached hydrogens (tertiary/aromatic N) is 2. The number of hydrogen-bond donors (Lipinski definition) is 1. The summed E-state index contributed by atoms with van der Waals surface area (Å²) in [6.07, 6.45) is 0. The van der Waals surface area contributed by atoms with Crippen LogP contribution in [0.1, 0.15) is 15.9 Å². The molecule has 0 aliphatic carbocycles. The normalized spacial score (nSPS) is 22.1. The molecule has 1 aromatic rings. The number of methoxy groups -OCH3 is 1. The summed E-state index contributed by atoms with van der Waals surface area (Å²) >= 11 is 0. The van der Waals surface area contributed by atoms with Crippen molar-refractivity contribution in [1.82, 2.24) is 15.1 Å². The molecule has 0 aromatic heterocycles. The van der Waals surface area contributed by atoms with E-state index in [1.165, 1.54) is 0 Å². The Morgan fingerprint density at radius 3 is 2.77 bits per heavy atom. The van der Waals surface area contributed by atoms with Gasteiger partial charge in [-0.2, -0.15) is 0 Å². The largest absolute Gasteiger partial charge is 0.383 e. The second-order valence-corrected chi connectivity index (χ2v) is 7.24. The lowest BCUT2D eigenvalue weighted by Crippen LogP contribution is -2.73. The third-order valence-electron chi connectivity index (χ3n) is 5.04. The van der Waals surface area contributed by atoms with Crippen LogP contribution >= 0.6 is 0 Å². The third-order valence-corrected chi connectivity index (χ3v) is 5.04. The maximum absolute atomic E-state index is 12.6. The highest BCUT2D eigenvalue weighted by atomic mass is 16.5. The summed E-state index contributed by atoms with van der Waals surface area (Å²) in [7, 11) is 3.53. The Hall–Kier alpha value is -1.96. The van der Waals surface area contributed by atoms with Gasteiger partial charge in [-0.3, -0.25) is 14.5 Å². The van der Waals surface area contributed by atoms with Crippen LogP contribution in [0.2, 0.25) is 0 Å². The van der Waals surface area contributed by atoms with Crippen LogP contribution in [0.3, 0.4) is 0 Å². The Bertz CT molecular complexity index is 673. The summed E-state index contributed by atoms with van der Waals surface area (Å²) in [6.45, 7) is 5.04. The molecule has 1 spiro atoms. The van der Waals surface area contributed by atoms with Gasteiger partial charge in [0.25, 0.3) is 5.91 Å². The number of amides is 2. The third kappa shape index (κ3) is 3.90. The van der Waals surface area contributed by atoms with Crippen molar-refractivity contribution in [2.45, 2.75) is 18.6 Å². The first-order valence-corrected chi connectivity index (χ1v) is 8.91. The summed E-state index contributed by atoms with van der Waals surface area (Å²) in [4.78, 5) is 28.6. The fourth-order valence-corrected chi connectivity index (χ4v) is 3.61. The van der Waals surface area contributed by atoms with Gasteiger partial charge in [0.2, 0.25) is 5.91 Å². The maximum atomic E-state index is 12.6. The molecule has 7 nitrogen and oxygen atoms in total. The number of hydrogen-bond acceptors (Lipinski definition) is 5. The molecular weight excluding hydrogens is 334 g/mol. The molecule has 2 heterocycles. The number of carbonyl (C=O) groups is 2. The molecule has 2 fully saturated rings. The van der Waals surface area contributed by atoms with Crippen molar-refractivity contribution < 1.29 is 19.1 Å². The van der Waals surface area contributed by atoms with Crippen LogP contribution in [0, 0.1) is 6.92 Å². The predicted octanol–water partition coefficient (Wildman–Crippen LogP) is 0.283. The zero-order chi connectivity index (χ0) is 18.7. The lowest BCUT2D eigenvalue weighted by molar-refractivity contribution is -0.187. The fourth-order valence-electron chi connectivity index (χ4n) is 3.61. The van der Waals surface area contributed by atoms with Gasteiger partial charge >= 0.3 is 0 Å². The SMILES string of the molecule is COCCNC(=O)C1COC2(CN(C(=O)c3cccc(C)c3)C2)CN1C. The van der Waals surface area contributed by atoms with Crippen molar-refractivity contribution in [3.63, 3.8) is 0 Å². The minimum absolute atomic E-state index is 0.0324. The number of likely N-dealkylation sites (tertiary alicyclic amines) is 1. The molecule has 1 atom stereocenters. The van der Waals surface area contributed by atoms with Gasteiger partial charge in [-0.05, 0) is 26.1 Å². The van der Waals surface area contributed by atoms with Crippen molar-refractivity contribution in [2.75, 3.05) is 53.6 Å². The van der Waals surface area contributed by atoms with Crippen LogP contribution in [-0.2, 0) is 14.3 Å². The smallest absolute Gasteiger partial charge is 0.254 e. The van der Waals surface area contributed by atoms with Gasteiger partial charge in [0.1, 0.15) is 11.6 Å². The topological polar surface area (TPSA) is 71.1 Å². The highest BCUT2D eigenvalue weighted by Gasteiger charge is 2.51. The summed E-state index contributed by atoms with van der Waals surface area (Å²) in [5.74, 6) is -0.0172. The molecule has 2 amide bonds. The fraction of sp³-hybridized carbons (Fsp3) is 0.579. The number of carbonyl (C=O) groups excluding carboxylic acids is 2. The Kier molecular flexibility index (Phi) is 5.60. The number of ether oxygens (including phenoxy) is 2. The maximum Gasteiger partial charge on any atom is 0.254 e. The Balaban J connectivity index is 1.52. The van der Waals surface area contributed by atoms with Gasteiger partial charge in [-0.1, -0.05) is 17.7 Å². The van der Waals surface area contributed by atoms with E-state index in [0.717, 1.165) is 5.56 Å². The molecule has 142 valence electrons. The van der Waals surface area contributed by atoms with Gasteiger partial charge in [-0.25, -0.2) is 0 Å². The number of morpholine rings is 1. The zero-order valence-electron chi connectivity index (χ0n) is 15.7. The van der Waals surface area contributed by atoms with Crippen LogP contribution in [0.25, 0.3) is 0 Å². The first-order chi connectivity index (χ1) is 12.4. The zero-order valence-corrected chi connectivity index (χ0v) is 15.7. The molecular formula is C19H27N3O4. The van der Waals surface area contributed by atoms with Crippen LogP contribution in [0.5, 0.6) is 0 Å². The number of aryl methyl sites for hydroxylation is 1. The minimum Gasteiger partial charge on any atom is -0.383 e.